The van der Waals surface area contributed by atoms with Crippen LogP contribution in [0.25, 0.3) is 0 Å². The van der Waals surface area contributed by atoms with Crippen molar-refractivity contribution >= 4 is 6.21 Å². The van der Waals surface area contributed by atoms with Crippen LogP contribution >= 0.6 is 0 Å². The minimum atomic E-state index is 0.405. The van der Waals surface area contributed by atoms with Crippen LogP contribution in [-0.4, -0.2) is 6.21 Å². The average molecular weight is 84.1 g/mol. The van der Waals surface area contributed by atoms with E-state index in [9.17, 15) is 0 Å². The summed E-state index contributed by atoms with van der Waals surface area (Å²) in [6.45, 7) is 5.67. The van der Waals surface area contributed by atoms with Crippen LogP contribution in [0.4, 0.5) is 0 Å². The lowest BCUT2D eigenvalue weighted by atomic mass is 10.2. The van der Waals surface area contributed by atoms with E-state index in [4.69, 9.17) is 5.41 Å². The van der Waals surface area contributed by atoms with E-state index in [2.05, 4.69) is 6.92 Å². The van der Waals surface area contributed by atoms with Gasteiger partial charge in [0.15, 0.2) is 0 Å². The second kappa shape index (κ2) is 2.88. The molecule has 1 radical (unpaired) electrons. The summed E-state index contributed by atoms with van der Waals surface area (Å²) >= 11 is 0. The highest BCUT2D eigenvalue weighted by Crippen LogP contribution is 1.92. The summed E-state index contributed by atoms with van der Waals surface area (Å²) in [5, 5.41) is 6.57. The molecule has 0 heterocycles. The van der Waals surface area contributed by atoms with Crippen molar-refractivity contribution in [1.82, 2.24) is 0 Å². The Hall–Kier alpha value is -0.330. The molecule has 0 rings (SSSR count). The molecular formula is C5H10N. The maximum atomic E-state index is 6.57. The van der Waals surface area contributed by atoms with Gasteiger partial charge in [0.05, 0.1) is 0 Å². The van der Waals surface area contributed by atoms with Crippen LogP contribution in [-0.2, 0) is 0 Å². The van der Waals surface area contributed by atoms with Crippen molar-refractivity contribution in [2.45, 2.75) is 13.3 Å². The van der Waals surface area contributed by atoms with Crippen molar-refractivity contribution in [2.24, 2.45) is 5.92 Å². The molecule has 0 bridgehead atoms. The van der Waals surface area contributed by atoms with Crippen molar-refractivity contribution in [3.05, 3.63) is 6.92 Å². The topological polar surface area (TPSA) is 23.9 Å². The molecule has 0 saturated carbocycles. The molecular weight excluding hydrogens is 74.1 g/mol. The fourth-order valence-electron chi connectivity index (χ4n) is 0.201. The van der Waals surface area contributed by atoms with Crippen molar-refractivity contribution in [3.63, 3.8) is 0 Å². The third-order valence-corrected chi connectivity index (χ3v) is 0.520. The minimum Gasteiger partial charge on any atom is -0.313 e. The van der Waals surface area contributed by atoms with Gasteiger partial charge in [0.2, 0.25) is 0 Å². The molecule has 0 aromatic rings. The van der Waals surface area contributed by atoms with E-state index in [1.165, 1.54) is 6.21 Å². The highest BCUT2D eigenvalue weighted by atomic mass is 14.3. The van der Waals surface area contributed by atoms with Gasteiger partial charge >= 0.3 is 0 Å². The molecule has 0 aliphatic carbocycles. The second-order valence-electron chi connectivity index (χ2n) is 1.54. The zero-order valence-corrected chi connectivity index (χ0v) is 4.07. The molecule has 1 N–H and O–H groups in total. The molecule has 6 heavy (non-hydrogen) atoms. The van der Waals surface area contributed by atoms with Gasteiger partial charge in [0.1, 0.15) is 0 Å². The number of rotatable bonds is 2. The Balaban J connectivity index is 2.81. The Labute approximate surface area is 38.9 Å². The molecule has 1 nitrogen and oxygen atoms in total. The van der Waals surface area contributed by atoms with Gasteiger partial charge in [-0.3, -0.25) is 0 Å². The average Bonchev–Trinajstić information content (AvgIpc) is 1.35. The summed E-state index contributed by atoms with van der Waals surface area (Å²) < 4.78 is 0. The first-order valence-corrected chi connectivity index (χ1v) is 2.09. The molecule has 0 amide bonds. The van der Waals surface area contributed by atoms with E-state index in [-0.39, 0.29) is 0 Å². The van der Waals surface area contributed by atoms with Crippen molar-refractivity contribution in [2.75, 3.05) is 0 Å². The van der Waals surface area contributed by atoms with E-state index in [0.29, 0.717) is 5.92 Å². The molecule has 0 aliphatic heterocycles. The Morgan fingerprint density at radius 3 is 2.50 bits per heavy atom. The lowest BCUT2D eigenvalue weighted by Crippen LogP contribution is -1.84. The third-order valence-electron chi connectivity index (χ3n) is 0.520. The maximum absolute atomic E-state index is 6.57. The summed E-state index contributed by atoms with van der Waals surface area (Å²) in [6, 6.07) is 0. The lowest BCUT2D eigenvalue weighted by Gasteiger charge is -1.91. The van der Waals surface area contributed by atoms with Gasteiger partial charge < -0.3 is 5.41 Å². The maximum Gasteiger partial charge on any atom is -0.00451 e. The van der Waals surface area contributed by atoms with Crippen LogP contribution in [0, 0.1) is 18.3 Å². The molecule has 0 unspecified atom stereocenters. The van der Waals surface area contributed by atoms with Crippen molar-refractivity contribution in [1.29, 1.82) is 5.41 Å². The Morgan fingerprint density at radius 2 is 2.50 bits per heavy atom. The SMILES string of the molecule is [CH2][C@@H](C)CC=N. The van der Waals surface area contributed by atoms with E-state index in [1.807, 2.05) is 6.92 Å². The normalized spacial score (nSPS) is 9.17. The van der Waals surface area contributed by atoms with Gasteiger partial charge in [-0.25, -0.2) is 0 Å². The van der Waals surface area contributed by atoms with Gasteiger partial charge in [0.25, 0.3) is 0 Å². The van der Waals surface area contributed by atoms with Gasteiger partial charge in [-0.1, -0.05) is 13.8 Å². The summed E-state index contributed by atoms with van der Waals surface area (Å²) in [5.74, 6) is 0.405. The minimum absolute atomic E-state index is 0.405. The summed E-state index contributed by atoms with van der Waals surface area (Å²) in [4.78, 5) is 0. The summed E-state index contributed by atoms with van der Waals surface area (Å²) in [7, 11) is 0. The quantitative estimate of drug-likeness (QED) is 0.490. The highest BCUT2D eigenvalue weighted by Gasteiger charge is 1.84. The van der Waals surface area contributed by atoms with Crippen LogP contribution in [0.2, 0.25) is 0 Å². The van der Waals surface area contributed by atoms with Crippen molar-refractivity contribution < 1.29 is 0 Å². The first kappa shape index (κ1) is 5.67. The fourth-order valence-corrected chi connectivity index (χ4v) is 0.201. The third kappa shape index (κ3) is 3.67. The predicted molar refractivity (Wildman–Crippen MR) is 27.9 cm³/mol. The standard InChI is InChI=1S/C5H10N/c1-5(2)3-4-6/h4-6H,1,3H2,2H3/t5-/m0/s1. The number of nitrogens with one attached hydrogen (secondary N) is 1. The first-order valence-electron chi connectivity index (χ1n) is 2.09. The second-order valence-corrected chi connectivity index (χ2v) is 1.54. The van der Waals surface area contributed by atoms with E-state index < -0.39 is 0 Å². The zero-order chi connectivity index (χ0) is 4.99. The predicted octanol–water partition coefficient (Wildman–Crippen LogP) is 1.50. The van der Waals surface area contributed by atoms with Crippen LogP contribution in [0.15, 0.2) is 0 Å². The van der Waals surface area contributed by atoms with Crippen molar-refractivity contribution in [3.8, 4) is 0 Å². The highest BCUT2D eigenvalue weighted by molar-refractivity contribution is 5.53. The molecule has 0 aliphatic rings. The van der Waals surface area contributed by atoms with Crippen LogP contribution < -0.4 is 0 Å². The largest absolute Gasteiger partial charge is 0.313 e. The van der Waals surface area contributed by atoms with Gasteiger partial charge in [0, 0.05) is 0 Å². The summed E-state index contributed by atoms with van der Waals surface area (Å²) in [6.07, 6.45) is 2.19. The molecule has 1 atom stereocenters. The number of hydrogen-bond acceptors (Lipinski definition) is 1. The number of hydrogen-bond donors (Lipinski definition) is 1. The molecule has 0 saturated heterocycles. The van der Waals surface area contributed by atoms with Crippen LogP contribution in [0.1, 0.15) is 13.3 Å². The molecule has 35 valence electrons. The Kier molecular flexibility index (Phi) is 2.73. The molecule has 0 spiro atoms. The first-order chi connectivity index (χ1) is 2.77. The van der Waals surface area contributed by atoms with E-state index in [0.717, 1.165) is 6.42 Å². The monoisotopic (exact) mass is 84.1 g/mol. The van der Waals surface area contributed by atoms with Gasteiger partial charge in [-0.05, 0) is 18.6 Å². The Bertz CT molecular complexity index is 39.2. The van der Waals surface area contributed by atoms with Gasteiger partial charge in [-0.2, -0.15) is 0 Å². The van der Waals surface area contributed by atoms with Crippen LogP contribution in [0.3, 0.4) is 0 Å². The zero-order valence-electron chi connectivity index (χ0n) is 4.07. The lowest BCUT2D eigenvalue weighted by molar-refractivity contribution is 0.770. The summed E-state index contributed by atoms with van der Waals surface area (Å²) in [5.41, 5.74) is 0. The van der Waals surface area contributed by atoms with Gasteiger partial charge in [-0.15, -0.1) is 0 Å². The molecule has 0 fully saturated rings. The van der Waals surface area contributed by atoms with E-state index >= 15 is 0 Å². The fraction of sp³-hybridized carbons (Fsp3) is 0.600. The Morgan fingerprint density at radius 1 is 2.00 bits per heavy atom. The van der Waals surface area contributed by atoms with Crippen LogP contribution in [0.5, 0.6) is 0 Å². The van der Waals surface area contributed by atoms with E-state index in [1.54, 1.807) is 0 Å². The molecule has 0 aromatic carbocycles. The smallest absolute Gasteiger partial charge is 0.00451 e. The molecule has 1 heteroatoms. The molecule has 0 aromatic heterocycles.